The Balaban J connectivity index is 1.60. The summed E-state index contributed by atoms with van der Waals surface area (Å²) in [6, 6.07) is 23.3. The molecule has 1 unspecified atom stereocenters. The minimum absolute atomic E-state index is 0.530. The number of aryl methyl sites for hydroxylation is 1. The summed E-state index contributed by atoms with van der Waals surface area (Å²) < 4.78 is 12.0. The zero-order valence-electron chi connectivity index (χ0n) is 18.6. The van der Waals surface area contributed by atoms with Gasteiger partial charge < -0.3 is 9.47 Å². The molecule has 0 spiro atoms. The van der Waals surface area contributed by atoms with Gasteiger partial charge in [0.05, 0.1) is 7.11 Å². The number of para-hydroxylation sites is 1. The number of ether oxygens (including phenoxy) is 2. The predicted molar refractivity (Wildman–Crippen MR) is 132 cm³/mol. The van der Waals surface area contributed by atoms with Gasteiger partial charge in [-0.15, -0.1) is 0 Å². The number of piperidine rings is 1. The molecule has 4 heteroatoms. The Morgan fingerprint density at radius 2 is 1.65 bits per heavy atom. The minimum Gasteiger partial charge on any atom is -0.493 e. The molecule has 0 amide bonds. The van der Waals surface area contributed by atoms with E-state index >= 15 is 0 Å². The van der Waals surface area contributed by atoms with Crippen molar-refractivity contribution in [3.05, 3.63) is 83.4 Å². The van der Waals surface area contributed by atoms with E-state index in [0.717, 1.165) is 23.6 Å². The number of likely N-dealkylation sites (tertiary alicyclic amines) is 1. The largest absolute Gasteiger partial charge is 0.493 e. The molecule has 31 heavy (non-hydrogen) atoms. The van der Waals surface area contributed by atoms with Gasteiger partial charge >= 0.3 is 0 Å². The summed E-state index contributed by atoms with van der Waals surface area (Å²) in [4.78, 5) is 2.60. The Kier molecular flexibility index (Phi) is 7.61. The number of hydrogen-bond acceptors (Lipinski definition) is 3. The van der Waals surface area contributed by atoms with E-state index in [9.17, 15) is 0 Å². The Hall–Kier alpha value is -2.35. The highest BCUT2D eigenvalue weighted by atomic mass is 31.1. The first kappa shape index (κ1) is 21.9. The lowest BCUT2D eigenvalue weighted by Crippen LogP contribution is -2.31. The summed E-state index contributed by atoms with van der Waals surface area (Å²) in [6.07, 6.45) is 4.00. The normalized spacial score (nSPS) is 14.8. The van der Waals surface area contributed by atoms with Crippen molar-refractivity contribution >= 4 is 19.2 Å². The Morgan fingerprint density at radius 1 is 0.871 bits per heavy atom. The van der Waals surface area contributed by atoms with Gasteiger partial charge in [-0.2, -0.15) is 0 Å². The standard InChI is InChI=1S/C27H32NO2P/c1-21-11-9-14-23(19-28-17-7-4-8-18-28)27(21)31-25-16-10-15-24(29-2)26(25)30-20-22-12-5-3-6-13-22/h3,5-6,9-16,31H,4,7-8,17-20H2,1-2H3. The van der Waals surface area contributed by atoms with Crippen molar-refractivity contribution in [2.24, 2.45) is 0 Å². The second-order valence-electron chi connectivity index (χ2n) is 8.18. The van der Waals surface area contributed by atoms with Crippen LogP contribution in [-0.4, -0.2) is 25.1 Å². The van der Waals surface area contributed by atoms with Crippen molar-refractivity contribution in [1.82, 2.24) is 4.90 Å². The first-order chi connectivity index (χ1) is 15.2. The predicted octanol–water partition coefficient (Wildman–Crippen LogP) is 5.20. The second-order valence-corrected chi connectivity index (χ2v) is 9.47. The van der Waals surface area contributed by atoms with Gasteiger partial charge in [0, 0.05) is 11.8 Å². The van der Waals surface area contributed by atoms with Crippen LogP contribution in [0.15, 0.2) is 66.7 Å². The molecule has 1 atom stereocenters. The quantitative estimate of drug-likeness (QED) is 0.456. The molecule has 0 N–H and O–H groups in total. The van der Waals surface area contributed by atoms with Gasteiger partial charge in [0.2, 0.25) is 0 Å². The van der Waals surface area contributed by atoms with Crippen LogP contribution in [0, 0.1) is 6.92 Å². The molecule has 1 aliphatic rings. The molecule has 0 aliphatic carbocycles. The molecule has 3 aromatic rings. The fourth-order valence-electron chi connectivity index (χ4n) is 4.19. The Labute approximate surface area is 188 Å². The van der Waals surface area contributed by atoms with Crippen LogP contribution in [0.3, 0.4) is 0 Å². The molecule has 3 aromatic carbocycles. The zero-order chi connectivity index (χ0) is 21.5. The molecular formula is C27H32NO2P. The maximum atomic E-state index is 6.32. The molecule has 0 bridgehead atoms. The van der Waals surface area contributed by atoms with Gasteiger partial charge in [-0.1, -0.05) is 75.7 Å². The number of nitrogens with zero attached hydrogens (tertiary/aromatic N) is 1. The van der Waals surface area contributed by atoms with Crippen LogP contribution in [0.1, 0.15) is 36.0 Å². The summed E-state index contributed by atoms with van der Waals surface area (Å²) in [6.45, 7) is 6.22. The van der Waals surface area contributed by atoms with Gasteiger partial charge in [-0.3, -0.25) is 4.90 Å². The molecule has 3 nitrogen and oxygen atoms in total. The lowest BCUT2D eigenvalue weighted by atomic mass is 10.1. The molecular weight excluding hydrogens is 401 g/mol. The summed E-state index contributed by atoms with van der Waals surface area (Å²) in [7, 11) is 2.24. The van der Waals surface area contributed by atoms with Crippen LogP contribution in [0.5, 0.6) is 11.5 Å². The summed E-state index contributed by atoms with van der Waals surface area (Å²) >= 11 is 0. The van der Waals surface area contributed by atoms with Gasteiger partial charge in [-0.05, 0) is 60.9 Å². The molecule has 162 valence electrons. The SMILES string of the molecule is COc1cccc(Pc2c(C)cccc2CN2CCCCC2)c1OCc1ccccc1. The third-order valence-electron chi connectivity index (χ3n) is 5.89. The van der Waals surface area contributed by atoms with E-state index in [0.29, 0.717) is 15.2 Å². The summed E-state index contributed by atoms with van der Waals surface area (Å²) in [5, 5.41) is 2.63. The van der Waals surface area contributed by atoms with Gasteiger partial charge in [-0.25, -0.2) is 0 Å². The number of benzene rings is 3. The Bertz CT molecular complexity index is 984. The third kappa shape index (κ3) is 5.67. The monoisotopic (exact) mass is 433 g/mol. The van der Waals surface area contributed by atoms with E-state index < -0.39 is 0 Å². The van der Waals surface area contributed by atoms with Crippen molar-refractivity contribution in [3.8, 4) is 11.5 Å². The van der Waals surface area contributed by atoms with Crippen LogP contribution in [-0.2, 0) is 13.2 Å². The van der Waals surface area contributed by atoms with Crippen molar-refractivity contribution < 1.29 is 9.47 Å². The zero-order valence-corrected chi connectivity index (χ0v) is 19.6. The number of hydrogen-bond donors (Lipinski definition) is 0. The fourth-order valence-corrected chi connectivity index (χ4v) is 5.55. The topological polar surface area (TPSA) is 21.7 Å². The number of rotatable bonds is 8. The lowest BCUT2D eigenvalue weighted by molar-refractivity contribution is 0.221. The van der Waals surface area contributed by atoms with Crippen LogP contribution >= 0.6 is 8.58 Å². The van der Waals surface area contributed by atoms with Crippen molar-refractivity contribution in [2.45, 2.75) is 39.3 Å². The fraction of sp³-hybridized carbons (Fsp3) is 0.333. The van der Waals surface area contributed by atoms with Crippen LogP contribution in [0.4, 0.5) is 0 Å². The second kappa shape index (κ2) is 10.8. The lowest BCUT2D eigenvalue weighted by Gasteiger charge is -2.28. The van der Waals surface area contributed by atoms with Crippen molar-refractivity contribution in [2.75, 3.05) is 20.2 Å². The highest BCUT2D eigenvalue weighted by Crippen LogP contribution is 2.32. The van der Waals surface area contributed by atoms with E-state index in [2.05, 4.69) is 54.3 Å². The van der Waals surface area contributed by atoms with E-state index in [1.807, 2.05) is 24.3 Å². The average Bonchev–Trinajstić information content (AvgIpc) is 2.81. The highest BCUT2D eigenvalue weighted by Gasteiger charge is 2.17. The van der Waals surface area contributed by atoms with E-state index in [4.69, 9.17) is 9.47 Å². The third-order valence-corrected chi connectivity index (χ3v) is 7.51. The van der Waals surface area contributed by atoms with E-state index in [-0.39, 0.29) is 0 Å². The maximum Gasteiger partial charge on any atom is 0.169 e. The van der Waals surface area contributed by atoms with Crippen molar-refractivity contribution in [3.63, 3.8) is 0 Å². The highest BCUT2D eigenvalue weighted by molar-refractivity contribution is 7.56. The first-order valence-electron chi connectivity index (χ1n) is 11.2. The molecule has 1 heterocycles. The molecule has 0 saturated carbocycles. The van der Waals surface area contributed by atoms with Crippen LogP contribution in [0.2, 0.25) is 0 Å². The summed E-state index contributed by atoms with van der Waals surface area (Å²) in [5.41, 5.74) is 3.95. The van der Waals surface area contributed by atoms with Crippen LogP contribution < -0.4 is 20.1 Å². The van der Waals surface area contributed by atoms with E-state index in [1.165, 1.54) is 54.1 Å². The van der Waals surface area contributed by atoms with Crippen LogP contribution in [0.25, 0.3) is 0 Å². The number of methoxy groups -OCH3 is 1. The molecule has 0 radical (unpaired) electrons. The molecule has 1 fully saturated rings. The van der Waals surface area contributed by atoms with Gasteiger partial charge in [0.15, 0.2) is 11.5 Å². The maximum absolute atomic E-state index is 6.32. The van der Waals surface area contributed by atoms with Gasteiger partial charge in [0.25, 0.3) is 0 Å². The van der Waals surface area contributed by atoms with Crippen molar-refractivity contribution in [1.29, 1.82) is 0 Å². The van der Waals surface area contributed by atoms with E-state index in [1.54, 1.807) is 7.11 Å². The molecule has 1 aliphatic heterocycles. The summed E-state index contributed by atoms with van der Waals surface area (Å²) in [5.74, 6) is 1.66. The van der Waals surface area contributed by atoms with Gasteiger partial charge in [0.1, 0.15) is 6.61 Å². The first-order valence-corrected chi connectivity index (χ1v) is 12.2. The minimum atomic E-state index is 0.530. The smallest absolute Gasteiger partial charge is 0.169 e. The molecule has 4 rings (SSSR count). The molecule has 1 saturated heterocycles. The molecule has 0 aromatic heterocycles. The average molecular weight is 434 g/mol. The Morgan fingerprint density at radius 3 is 2.42 bits per heavy atom.